The van der Waals surface area contributed by atoms with Gasteiger partial charge in [-0.3, -0.25) is 4.79 Å². The lowest BCUT2D eigenvalue weighted by Crippen LogP contribution is -2.33. The molecule has 0 radical (unpaired) electrons. The van der Waals surface area contributed by atoms with E-state index in [1.807, 2.05) is 24.4 Å². The highest BCUT2D eigenvalue weighted by molar-refractivity contribution is 7.91. The molecule has 1 unspecified atom stereocenters. The Morgan fingerprint density at radius 2 is 1.77 bits per heavy atom. The minimum atomic E-state index is -3.45. The standard InChI is InChI=1S/C20H27NO3S2/c1-4-16(5-2)20(18-7-6-13-25-18)21-19(22)12-14-26(23,24)17-10-8-15(3)9-11-17/h6-11,13,16,20H,4-5,12,14H2,1-3H3,(H,21,22). The molecule has 6 heteroatoms. The third-order valence-electron chi connectivity index (χ3n) is 4.66. The molecule has 2 rings (SSSR count). The summed E-state index contributed by atoms with van der Waals surface area (Å²) < 4.78 is 24.9. The predicted octanol–water partition coefficient (Wildman–Crippen LogP) is 4.51. The SMILES string of the molecule is CCC(CC)C(NC(=O)CCS(=O)(=O)c1ccc(C)cc1)c1cccs1. The first-order valence-electron chi connectivity index (χ1n) is 8.99. The third-order valence-corrected chi connectivity index (χ3v) is 7.35. The van der Waals surface area contributed by atoms with Crippen molar-refractivity contribution in [3.8, 4) is 0 Å². The van der Waals surface area contributed by atoms with E-state index in [-0.39, 0.29) is 29.0 Å². The fourth-order valence-electron chi connectivity index (χ4n) is 2.99. The van der Waals surface area contributed by atoms with Crippen LogP contribution < -0.4 is 5.32 Å². The van der Waals surface area contributed by atoms with Crippen LogP contribution in [0.25, 0.3) is 0 Å². The summed E-state index contributed by atoms with van der Waals surface area (Å²) in [5.74, 6) is -0.0561. The summed E-state index contributed by atoms with van der Waals surface area (Å²) in [4.78, 5) is 13.8. The first kappa shape index (κ1) is 20.6. The van der Waals surface area contributed by atoms with Gasteiger partial charge in [-0.1, -0.05) is 50.5 Å². The normalized spacial score (nSPS) is 12.9. The maximum atomic E-state index is 12.4. The number of benzene rings is 1. The number of thiophene rings is 1. The molecule has 0 aliphatic carbocycles. The first-order chi connectivity index (χ1) is 12.4. The summed E-state index contributed by atoms with van der Waals surface area (Å²) >= 11 is 1.62. The van der Waals surface area contributed by atoms with Crippen LogP contribution in [0, 0.1) is 12.8 Å². The van der Waals surface area contributed by atoms with Gasteiger partial charge in [-0.25, -0.2) is 8.42 Å². The number of hydrogen-bond acceptors (Lipinski definition) is 4. The number of hydrogen-bond donors (Lipinski definition) is 1. The fourth-order valence-corrected chi connectivity index (χ4v) is 5.10. The molecule has 1 aromatic heterocycles. The smallest absolute Gasteiger partial charge is 0.221 e. The highest BCUT2D eigenvalue weighted by Crippen LogP contribution is 2.30. The van der Waals surface area contributed by atoms with Crippen LogP contribution in [-0.2, 0) is 14.6 Å². The summed E-state index contributed by atoms with van der Waals surface area (Å²) in [6, 6.07) is 10.7. The maximum absolute atomic E-state index is 12.4. The van der Waals surface area contributed by atoms with Gasteiger partial charge < -0.3 is 5.32 Å². The van der Waals surface area contributed by atoms with Crippen LogP contribution in [0.1, 0.15) is 49.6 Å². The molecule has 1 N–H and O–H groups in total. The van der Waals surface area contributed by atoms with E-state index in [9.17, 15) is 13.2 Å². The Morgan fingerprint density at radius 1 is 1.12 bits per heavy atom. The number of nitrogens with one attached hydrogen (secondary N) is 1. The Balaban J connectivity index is 2.03. The van der Waals surface area contributed by atoms with E-state index in [1.165, 1.54) is 0 Å². The molecule has 142 valence electrons. The van der Waals surface area contributed by atoms with E-state index in [2.05, 4.69) is 19.2 Å². The van der Waals surface area contributed by atoms with Crippen molar-refractivity contribution in [1.82, 2.24) is 5.32 Å². The van der Waals surface area contributed by atoms with Crippen molar-refractivity contribution in [3.63, 3.8) is 0 Å². The molecule has 1 amide bonds. The van der Waals surface area contributed by atoms with Crippen LogP contribution in [0.5, 0.6) is 0 Å². The highest BCUT2D eigenvalue weighted by atomic mass is 32.2. The van der Waals surface area contributed by atoms with E-state index in [1.54, 1.807) is 35.6 Å². The molecule has 1 atom stereocenters. The minimum absolute atomic E-state index is 0.0295. The largest absolute Gasteiger partial charge is 0.348 e. The van der Waals surface area contributed by atoms with Crippen LogP contribution in [0.2, 0.25) is 0 Å². The Bertz CT molecular complexity index is 792. The molecule has 1 aromatic carbocycles. The monoisotopic (exact) mass is 393 g/mol. The van der Waals surface area contributed by atoms with Gasteiger partial charge in [0.25, 0.3) is 0 Å². The van der Waals surface area contributed by atoms with Crippen LogP contribution in [0.3, 0.4) is 0 Å². The number of carbonyl (C=O) groups excluding carboxylic acids is 1. The molecule has 0 saturated heterocycles. The van der Waals surface area contributed by atoms with Crippen LogP contribution >= 0.6 is 11.3 Å². The summed E-state index contributed by atoms with van der Waals surface area (Å²) in [7, 11) is -3.45. The van der Waals surface area contributed by atoms with Crippen molar-refractivity contribution in [2.75, 3.05) is 5.75 Å². The zero-order chi connectivity index (χ0) is 19.2. The van der Waals surface area contributed by atoms with E-state index < -0.39 is 9.84 Å². The van der Waals surface area contributed by atoms with Gasteiger partial charge in [-0.05, 0) is 36.4 Å². The Morgan fingerprint density at radius 3 is 2.31 bits per heavy atom. The number of carbonyl (C=O) groups is 1. The van der Waals surface area contributed by atoms with Crippen molar-refractivity contribution in [1.29, 1.82) is 0 Å². The second-order valence-electron chi connectivity index (χ2n) is 6.52. The quantitative estimate of drug-likeness (QED) is 0.681. The van der Waals surface area contributed by atoms with Gasteiger partial charge >= 0.3 is 0 Å². The number of sulfone groups is 1. The fraction of sp³-hybridized carbons (Fsp3) is 0.450. The average Bonchev–Trinajstić information content (AvgIpc) is 3.15. The second kappa shape index (κ2) is 9.33. The molecule has 0 aliphatic heterocycles. The molecular weight excluding hydrogens is 366 g/mol. The van der Waals surface area contributed by atoms with Crippen LogP contribution in [-0.4, -0.2) is 20.1 Å². The van der Waals surface area contributed by atoms with Crippen LogP contribution in [0.15, 0.2) is 46.7 Å². The number of aryl methyl sites for hydroxylation is 1. The molecule has 2 aromatic rings. The molecular formula is C20H27NO3S2. The number of amides is 1. The minimum Gasteiger partial charge on any atom is -0.348 e. The highest BCUT2D eigenvalue weighted by Gasteiger charge is 2.24. The molecule has 4 nitrogen and oxygen atoms in total. The Labute approximate surface area is 160 Å². The lowest BCUT2D eigenvalue weighted by Gasteiger charge is -2.25. The van der Waals surface area contributed by atoms with Gasteiger partial charge in [0.05, 0.1) is 16.7 Å². The summed E-state index contributed by atoms with van der Waals surface area (Å²) in [5, 5.41) is 5.06. The summed E-state index contributed by atoms with van der Waals surface area (Å²) in [5.41, 5.74) is 1.01. The molecule has 0 aliphatic rings. The number of rotatable bonds is 9. The molecule has 0 spiro atoms. The van der Waals surface area contributed by atoms with Gasteiger partial charge in [-0.2, -0.15) is 0 Å². The zero-order valence-electron chi connectivity index (χ0n) is 15.6. The molecule has 1 heterocycles. The van der Waals surface area contributed by atoms with Crippen LogP contribution in [0.4, 0.5) is 0 Å². The van der Waals surface area contributed by atoms with Crippen molar-refractivity contribution in [2.45, 2.75) is 51.0 Å². The predicted molar refractivity (Wildman–Crippen MR) is 107 cm³/mol. The summed E-state index contributed by atoms with van der Waals surface area (Å²) in [6.45, 7) is 6.14. The van der Waals surface area contributed by atoms with Gasteiger partial charge in [0.2, 0.25) is 5.91 Å². The molecule has 0 bridgehead atoms. The molecule has 26 heavy (non-hydrogen) atoms. The van der Waals surface area contributed by atoms with Crippen molar-refractivity contribution in [2.24, 2.45) is 5.92 Å². The Hall–Kier alpha value is -1.66. The Kier molecular flexibility index (Phi) is 7.41. The maximum Gasteiger partial charge on any atom is 0.221 e. The van der Waals surface area contributed by atoms with Crippen molar-refractivity contribution < 1.29 is 13.2 Å². The van der Waals surface area contributed by atoms with Gasteiger partial charge in [0.15, 0.2) is 9.84 Å². The average molecular weight is 394 g/mol. The van der Waals surface area contributed by atoms with E-state index in [0.717, 1.165) is 23.3 Å². The first-order valence-corrected chi connectivity index (χ1v) is 11.5. The second-order valence-corrected chi connectivity index (χ2v) is 9.61. The third kappa shape index (κ3) is 5.42. The van der Waals surface area contributed by atoms with Gasteiger partial charge in [-0.15, -0.1) is 11.3 Å². The lowest BCUT2D eigenvalue weighted by molar-refractivity contribution is -0.121. The van der Waals surface area contributed by atoms with E-state index in [4.69, 9.17) is 0 Å². The molecule has 0 saturated carbocycles. The van der Waals surface area contributed by atoms with Gasteiger partial charge in [0.1, 0.15) is 0 Å². The van der Waals surface area contributed by atoms with Gasteiger partial charge in [0, 0.05) is 11.3 Å². The zero-order valence-corrected chi connectivity index (χ0v) is 17.2. The lowest BCUT2D eigenvalue weighted by atomic mass is 9.93. The van der Waals surface area contributed by atoms with E-state index >= 15 is 0 Å². The van der Waals surface area contributed by atoms with Crippen molar-refractivity contribution in [3.05, 3.63) is 52.2 Å². The van der Waals surface area contributed by atoms with Crippen molar-refractivity contribution >= 4 is 27.1 Å². The summed E-state index contributed by atoms with van der Waals surface area (Å²) in [6.07, 6.45) is 1.89. The molecule has 0 fully saturated rings. The topological polar surface area (TPSA) is 63.2 Å². The van der Waals surface area contributed by atoms with E-state index in [0.29, 0.717) is 5.92 Å².